The molecular formula is C18H30N2O. The third-order valence-corrected chi connectivity index (χ3v) is 4.16. The number of benzene rings is 1. The van der Waals surface area contributed by atoms with Crippen molar-refractivity contribution in [2.24, 2.45) is 0 Å². The first-order valence-corrected chi connectivity index (χ1v) is 8.52. The fourth-order valence-corrected chi connectivity index (χ4v) is 3.01. The number of nitrogens with zero attached hydrogens (tertiary/aromatic N) is 1. The summed E-state index contributed by atoms with van der Waals surface area (Å²) in [7, 11) is 0. The van der Waals surface area contributed by atoms with Crippen molar-refractivity contribution in [1.82, 2.24) is 10.2 Å². The molecule has 3 nitrogen and oxygen atoms in total. The monoisotopic (exact) mass is 290 g/mol. The normalized spacial score (nSPS) is 19.6. The van der Waals surface area contributed by atoms with Crippen LogP contribution >= 0.6 is 0 Å². The number of hydrogen-bond acceptors (Lipinski definition) is 3. The van der Waals surface area contributed by atoms with E-state index in [0.29, 0.717) is 0 Å². The van der Waals surface area contributed by atoms with Crippen LogP contribution in [0.4, 0.5) is 0 Å². The number of para-hydroxylation sites is 1. The first-order chi connectivity index (χ1) is 10.4. The highest BCUT2D eigenvalue weighted by Crippen LogP contribution is 2.17. The van der Waals surface area contributed by atoms with Gasteiger partial charge in [0.25, 0.3) is 0 Å². The van der Waals surface area contributed by atoms with E-state index in [2.05, 4.69) is 17.1 Å². The summed E-state index contributed by atoms with van der Waals surface area (Å²) in [5.41, 5.74) is 0. The molecule has 1 aromatic rings. The van der Waals surface area contributed by atoms with Crippen molar-refractivity contribution in [3.63, 3.8) is 0 Å². The highest BCUT2D eigenvalue weighted by molar-refractivity contribution is 5.20. The van der Waals surface area contributed by atoms with Crippen LogP contribution in [0.25, 0.3) is 0 Å². The summed E-state index contributed by atoms with van der Waals surface area (Å²) in [4.78, 5) is 2.65. The van der Waals surface area contributed by atoms with Crippen LogP contribution in [-0.4, -0.2) is 43.7 Å². The van der Waals surface area contributed by atoms with Crippen LogP contribution < -0.4 is 10.1 Å². The summed E-state index contributed by atoms with van der Waals surface area (Å²) in [5.74, 6) is 0.984. The van der Waals surface area contributed by atoms with Gasteiger partial charge in [-0.3, -0.25) is 4.90 Å². The predicted molar refractivity (Wildman–Crippen MR) is 88.9 cm³/mol. The van der Waals surface area contributed by atoms with Gasteiger partial charge < -0.3 is 10.1 Å². The van der Waals surface area contributed by atoms with Crippen LogP contribution in [0, 0.1) is 0 Å². The zero-order valence-corrected chi connectivity index (χ0v) is 13.4. The molecule has 0 saturated carbocycles. The molecule has 2 rings (SSSR count). The van der Waals surface area contributed by atoms with E-state index in [4.69, 9.17) is 4.74 Å². The highest BCUT2D eigenvalue weighted by Gasteiger charge is 2.21. The maximum absolute atomic E-state index is 5.79. The van der Waals surface area contributed by atoms with Crippen molar-refractivity contribution in [2.75, 3.05) is 32.8 Å². The fraction of sp³-hybridized carbons (Fsp3) is 0.667. The van der Waals surface area contributed by atoms with Gasteiger partial charge in [0.1, 0.15) is 5.75 Å². The summed E-state index contributed by atoms with van der Waals surface area (Å²) in [6.45, 7) is 7.74. The molecule has 1 atom stereocenters. The molecule has 1 aliphatic rings. The molecule has 1 fully saturated rings. The second-order valence-corrected chi connectivity index (χ2v) is 5.90. The third-order valence-electron chi connectivity index (χ3n) is 4.16. The Morgan fingerprint density at radius 2 is 2.10 bits per heavy atom. The second kappa shape index (κ2) is 9.80. The Labute approximate surface area is 129 Å². The molecule has 1 saturated heterocycles. The molecule has 3 heteroatoms. The van der Waals surface area contributed by atoms with E-state index in [-0.39, 0.29) is 0 Å². The molecule has 1 aromatic carbocycles. The van der Waals surface area contributed by atoms with E-state index in [9.17, 15) is 0 Å². The minimum absolute atomic E-state index is 0.724. The Kier molecular flexibility index (Phi) is 7.61. The summed E-state index contributed by atoms with van der Waals surface area (Å²) >= 11 is 0. The number of hydrogen-bond donors (Lipinski definition) is 1. The van der Waals surface area contributed by atoms with Crippen LogP contribution in [-0.2, 0) is 0 Å². The van der Waals surface area contributed by atoms with Crippen molar-refractivity contribution < 1.29 is 4.74 Å². The van der Waals surface area contributed by atoms with Gasteiger partial charge in [-0.05, 0) is 50.9 Å². The third kappa shape index (κ3) is 6.06. The quantitative estimate of drug-likeness (QED) is 0.706. The number of ether oxygens (including phenoxy) is 1. The molecule has 0 aromatic heterocycles. The molecule has 118 valence electrons. The van der Waals surface area contributed by atoms with Gasteiger partial charge in [-0.2, -0.15) is 0 Å². The number of rotatable bonds is 9. The number of nitrogens with one attached hydrogen (secondary N) is 1. The highest BCUT2D eigenvalue weighted by atomic mass is 16.5. The van der Waals surface area contributed by atoms with Gasteiger partial charge in [0.2, 0.25) is 0 Å². The largest absolute Gasteiger partial charge is 0.494 e. The van der Waals surface area contributed by atoms with Crippen molar-refractivity contribution in [3.05, 3.63) is 30.3 Å². The topological polar surface area (TPSA) is 24.5 Å². The van der Waals surface area contributed by atoms with Gasteiger partial charge in [0.15, 0.2) is 0 Å². The minimum Gasteiger partial charge on any atom is -0.494 e. The van der Waals surface area contributed by atoms with Gasteiger partial charge in [-0.1, -0.05) is 31.5 Å². The van der Waals surface area contributed by atoms with Crippen molar-refractivity contribution in [1.29, 1.82) is 0 Å². The molecule has 0 radical (unpaired) electrons. The van der Waals surface area contributed by atoms with Crippen LogP contribution in [0.15, 0.2) is 30.3 Å². The SMILES string of the molecule is CCCNCC1CCCCN1CCCOc1ccccc1. The number of likely N-dealkylation sites (tertiary alicyclic amines) is 1. The maximum atomic E-state index is 5.79. The first kappa shape index (κ1) is 16.3. The summed E-state index contributed by atoms with van der Waals surface area (Å²) in [6, 6.07) is 10.8. The second-order valence-electron chi connectivity index (χ2n) is 5.90. The van der Waals surface area contributed by atoms with Gasteiger partial charge in [-0.25, -0.2) is 0 Å². The Morgan fingerprint density at radius 1 is 1.24 bits per heavy atom. The maximum Gasteiger partial charge on any atom is 0.119 e. The lowest BCUT2D eigenvalue weighted by atomic mass is 10.0. The smallest absolute Gasteiger partial charge is 0.119 e. The summed E-state index contributed by atoms with van der Waals surface area (Å²) in [6.07, 6.45) is 6.41. The van der Waals surface area contributed by atoms with E-state index in [0.717, 1.165) is 44.5 Å². The van der Waals surface area contributed by atoms with Gasteiger partial charge in [0, 0.05) is 19.1 Å². The average molecular weight is 290 g/mol. The minimum atomic E-state index is 0.724. The van der Waals surface area contributed by atoms with E-state index in [1.54, 1.807) is 0 Å². The zero-order chi connectivity index (χ0) is 14.8. The standard InChI is InChI=1S/C18H30N2O/c1-2-12-19-16-17-9-6-7-13-20(17)14-8-15-21-18-10-4-3-5-11-18/h3-5,10-11,17,19H,2,6-9,12-16H2,1H3. The Bertz CT molecular complexity index is 369. The predicted octanol–water partition coefficient (Wildman–Crippen LogP) is 3.31. The summed E-state index contributed by atoms with van der Waals surface area (Å²) < 4.78 is 5.79. The van der Waals surface area contributed by atoms with E-state index in [1.165, 1.54) is 32.2 Å². The molecule has 1 heterocycles. The lowest BCUT2D eigenvalue weighted by Crippen LogP contribution is -2.46. The molecule has 1 N–H and O–H groups in total. The molecule has 0 spiro atoms. The molecule has 0 amide bonds. The first-order valence-electron chi connectivity index (χ1n) is 8.52. The van der Waals surface area contributed by atoms with Crippen molar-refractivity contribution in [2.45, 2.75) is 45.1 Å². The van der Waals surface area contributed by atoms with E-state index in [1.807, 2.05) is 30.3 Å². The van der Waals surface area contributed by atoms with Gasteiger partial charge in [0.05, 0.1) is 6.61 Å². The Morgan fingerprint density at radius 3 is 2.90 bits per heavy atom. The fourth-order valence-electron chi connectivity index (χ4n) is 3.01. The Balaban J connectivity index is 1.65. The van der Waals surface area contributed by atoms with Crippen LogP contribution in [0.2, 0.25) is 0 Å². The van der Waals surface area contributed by atoms with Gasteiger partial charge in [-0.15, -0.1) is 0 Å². The molecule has 21 heavy (non-hydrogen) atoms. The average Bonchev–Trinajstić information content (AvgIpc) is 2.54. The van der Waals surface area contributed by atoms with Crippen LogP contribution in [0.1, 0.15) is 39.0 Å². The van der Waals surface area contributed by atoms with E-state index < -0.39 is 0 Å². The Hall–Kier alpha value is -1.06. The molecule has 1 unspecified atom stereocenters. The zero-order valence-electron chi connectivity index (χ0n) is 13.4. The summed E-state index contributed by atoms with van der Waals surface area (Å²) in [5, 5.41) is 3.58. The number of piperidine rings is 1. The van der Waals surface area contributed by atoms with Crippen molar-refractivity contribution >= 4 is 0 Å². The lowest BCUT2D eigenvalue weighted by molar-refractivity contribution is 0.135. The van der Waals surface area contributed by atoms with Gasteiger partial charge >= 0.3 is 0 Å². The lowest BCUT2D eigenvalue weighted by Gasteiger charge is -2.36. The van der Waals surface area contributed by atoms with E-state index >= 15 is 0 Å². The molecule has 0 aliphatic carbocycles. The molecule has 0 bridgehead atoms. The van der Waals surface area contributed by atoms with Crippen LogP contribution in [0.3, 0.4) is 0 Å². The van der Waals surface area contributed by atoms with Crippen molar-refractivity contribution in [3.8, 4) is 5.75 Å². The molecular weight excluding hydrogens is 260 g/mol. The molecule has 1 aliphatic heterocycles. The van der Waals surface area contributed by atoms with Crippen LogP contribution in [0.5, 0.6) is 5.75 Å².